The number of hydrogen-bond donors (Lipinski definition) is 3. The van der Waals surface area contributed by atoms with Gasteiger partial charge in [0.1, 0.15) is 5.82 Å². The Labute approximate surface area is 136 Å². The molecule has 0 bridgehead atoms. The number of sulfonamides is 2. The van der Waals surface area contributed by atoms with Gasteiger partial charge in [0.2, 0.25) is 20.0 Å². The Balaban J connectivity index is 2.95. The first-order valence-electron chi connectivity index (χ1n) is 7.02. The number of nitrogens with one attached hydrogen (secondary N) is 2. The first-order chi connectivity index (χ1) is 10.5. The van der Waals surface area contributed by atoms with Crippen molar-refractivity contribution in [1.82, 2.24) is 4.72 Å². The van der Waals surface area contributed by atoms with Gasteiger partial charge in [0, 0.05) is 12.6 Å². The summed E-state index contributed by atoms with van der Waals surface area (Å²) in [5, 5.41) is -0.745. The Morgan fingerprint density at radius 1 is 1.17 bits per heavy atom. The molecule has 132 valence electrons. The van der Waals surface area contributed by atoms with Crippen molar-refractivity contribution < 1.29 is 21.2 Å². The molecule has 10 heteroatoms. The van der Waals surface area contributed by atoms with Crippen molar-refractivity contribution in [3.8, 4) is 0 Å². The van der Waals surface area contributed by atoms with Gasteiger partial charge in [-0.1, -0.05) is 0 Å². The number of rotatable bonds is 8. The summed E-state index contributed by atoms with van der Waals surface area (Å²) in [7, 11) is -7.59. The van der Waals surface area contributed by atoms with Crippen molar-refractivity contribution in [3.63, 3.8) is 0 Å². The van der Waals surface area contributed by atoms with Crippen LogP contribution >= 0.6 is 0 Å². The lowest BCUT2D eigenvalue weighted by Gasteiger charge is -2.13. The highest BCUT2D eigenvalue weighted by molar-refractivity contribution is 7.93. The molecule has 0 aromatic heterocycles. The Morgan fingerprint density at radius 3 is 2.26 bits per heavy atom. The van der Waals surface area contributed by atoms with E-state index in [1.165, 1.54) is 13.8 Å². The Bertz CT molecular complexity index is 746. The summed E-state index contributed by atoms with van der Waals surface area (Å²) in [5.41, 5.74) is 5.23. The molecule has 4 N–H and O–H groups in total. The fraction of sp³-hybridized carbons (Fsp3) is 0.538. The van der Waals surface area contributed by atoms with E-state index in [1.54, 1.807) is 6.92 Å². The summed E-state index contributed by atoms with van der Waals surface area (Å²) in [6.45, 7) is 4.76. The van der Waals surface area contributed by atoms with E-state index in [0.29, 0.717) is 6.42 Å². The molecule has 0 heterocycles. The average Bonchev–Trinajstić information content (AvgIpc) is 2.39. The standard InChI is InChI=1S/C13H22FN3O4S2/c1-9(2)22(18,19)17-13-5-4-11(8-12(13)14)23(20,21)16-7-6-10(3)15/h4-5,8-10,16-17H,6-7,15H2,1-3H3. The zero-order chi connectivity index (χ0) is 17.8. The molecule has 0 saturated heterocycles. The van der Waals surface area contributed by atoms with E-state index in [-0.39, 0.29) is 23.2 Å². The lowest BCUT2D eigenvalue weighted by molar-refractivity contribution is 0.569. The molecule has 23 heavy (non-hydrogen) atoms. The van der Waals surface area contributed by atoms with Gasteiger partial charge in [0.05, 0.1) is 15.8 Å². The lowest BCUT2D eigenvalue weighted by Crippen LogP contribution is -2.29. The number of benzene rings is 1. The van der Waals surface area contributed by atoms with E-state index in [2.05, 4.69) is 9.44 Å². The highest BCUT2D eigenvalue weighted by Crippen LogP contribution is 2.21. The predicted octanol–water partition coefficient (Wildman–Crippen LogP) is 0.991. The number of nitrogens with two attached hydrogens (primary N) is 1. The number of hydrogen-bond acceptors (Lipinski definition) is 5. The minimum Gasteiger partial charge on any atom is -0.328 e. The van der Waals surface area contributed by atoms with Gasteiger partial charge >= 0.3 is 0 Å². The SMILES string of the molecule is CC(N)CCNS(=O)(=O)c1ccc(NS(=O)(=O)C(C)C)c(F)c1. The Kier molecular flexibility index (Phi) is 6.51. The van der Waals surface area contributed by atoms with Gasteiger partial charge in [-0.25, -0.2) is 25.9 Å². The van der Waals surface area contributed by atoms with E-state index in [1.807, 2.05) is 0 Å². The van der Waals surface area contributed by atoms with Crippen molar-refractivity contribution in [2.75, 3.05) is 11.3 Å². The lowest BCUT2D eigenvalue weighted by atomic mass is 10.3. The molecule has 0 saturated carbocycles. The van der Waals surface area contributed by atoms with Gasteiger partial charge in [-0.2, -0.15) is 0 Å². The summed E-state index contributed by atoms with van der Waals surface area (Å²) in [6, 6.07) is 2.82. The molecule has 7 nitrogen and oxygen atoms in total. The minimum absolute atomic E-state index is 0.128. The van der Waals surface area contributed by atoms with Crippen molar-refractivity contribution >= 4 is 25.7 Å². The molecule has 0 amide bonds. The quantitative estimate of drug-likeness (QED) is 0.633. The van der Waals surface area contributed by atoms with Crippen LogP contribution in [0.5, 0.6) is 0 Å². The Hall–Kier alpha value is -1.23. The molecule has 0 aliphatic rings. The number of halogens is 1. The normalized spacial score (nSPS) is 14.0. The molecule has 1 unspecified atom stereocenters. The third-order valence-electron chi connectivity index (χ3n) is 3.02. The summed E-state index contributed by atoms with van der Waals surface area (Å²) in [6.07, 6.45) is 0.438. The van der Waals surface area contributed by atoms with E-state index >= 15 is 0 Å². The summed E-state index contributed by atoms with van der Waals surface area (Å²) in [4.78, 5) is -0.285. The molecule has 1 aromatic rings. The van der Waals surface area contributed by atoms with Crippen molar-refractivity contribution in [1.29, 1.82) is 0 Å². The minimum atomic E-state index is -3.88. The van der Waals surface area contributed by atoms with E-state index in [4.69, 9.17) is 5.73 Å². The second-order valence-electron chi connectivity index (χ2n) is 5.50. The first-order valence-corrected chi connectivity index (χ1v) is 10.0. The predicted molar refractivity (Wildman–Crippen MR) is 87.5 cm³/mol. The van der Waals surface area contributed by atoms with Crippen LogP contribution in [-0.2, 0) is 20.0 Å². The van der Waals surface area contributed by atoms with Crippen LogP contribution in [0.15, 0.2) is 23.1 Å². The molecule has 1 aromatic carbocycles. The van der Waals surface area contributed by atoms with Crippen LogP contribution in [0.4, 0.5) is 10.1 Å². The van der Waals surface area contributed by atoms with Crippen molar-refractivity contribution in [3.05, 3.63) is 24.0 Å². The average molecular weight is 367 g/mol. The van der Waals surface area contributed by atoms with Crippen LogP contribution in [0, 0.1) is 5.82 Å². The molecular weight excluding hydrogens is 345 g/mol. The maximum atomic E-state index is 14.0. The van der Waals surface area contributed by atoms with Crippen LogP contribution < -0.4 is 15.2 Å². The fourth-order valence-electron chi connectivity index (χ4n) is 1.52. The zero-order valence-corrected chi connectivity index (χ0v) is 14.8. The fourth-order valence-corrected chi connectivity index (χ4v) is 3.29. The molecule has 1 atom stereocenters. The first kappa shape index (κ1) is 19.8. The Morgan fingerprint density at radius 2 is 1.78 bits per heavy atom. The van der Waals surface area contributed by atoms with Crippen LogP contribution in [0.3, 0.4) is 0 Å². The topological polar surface area (TPSA) is 118 Å². The summed E-state index contributed by atoms with van der Waals surface area (Å²) in [5.74, 6) is -0.968. The second-order valence-corrected chi connectivity index (χ2v) is 9.51. The molecule has 0 aliphatic carbocycles. The molecule has 0 spiro atoms. The van der Waals surface area contributed by atoms with Crippen LogP contribution in [-0.4, -0.2) is 34.7 Å². The van der Waals surface area contributed by atoms with E-state index in [9.17, 15) is 21.2 Å². The van der Waals surface area contributed by atoms with Gasteiger partial charge in [0.25, 0.3) is 0 Å². The third kappa shape index (κ3) is 5.72. The smallest absolute Gasteiger partial charge is 0.240 e. The molecule has 1 rings (SSSR count). The van der Waals surface area contributed by atoms with Crippen molar-refractivity contribution in [2.24, 2.45) is 5.73 Å². The molecular formula is C13H22FN3O4S2. The van der Waals surface area contributed by atoms with Crippen LogP contribution in [0.25, 0.3) is 0 Å². The largest absolute Gasteiger partial charge is 0.328 e. The molecule has 0 radical (unpaired) electrons. The van der Waals surface area contributed by atoms with Gasteiger partial charge < -0.3 is 5.73 Å². The van der Waals surface area contributed by atoms with Crippen LogP contribution in [0.1, 0.15) is 27.2 Å². The van der Waals surface area contributed by atoms with Gasteiger partial charge in [0.15, 0.2) is 0 Å². The van der Waals surface area contributed by atoms with Gasteiger partial charge in [-0.15, -0.1) is 0 Å². The zero-order valence-electron chi connectivity index (χ0n) is 13.2. The maximum Gasteiger partial charge on any atom is 0.240 e. The summed E-state index contributed by atoms with van der Waals surface area (Å²) < 4.78 is 65.8. The monoisotopic (exact) mass is 367 g/mol. The molecule has 0 fully saturated rings. The van der Waals surface area contributed by atoms with Gasteiger partial charge in [-0.05, 0) is 45.4 Å². The number of anilines is 1. The second kappa shape index (κ2) is 7.56. The maximum absolute atomic E-state index is 14.0. The van der Waals surface area contributed by atoms with Gasteiger partial charge in [-0.3, -0.25) is 4.72 Å². The van der Waals surface area contributed by atoms with Crippen LogP contribution in [0.2, 0.25) is 0 Å². The summed E-state index contributed by atoms with van der Waals surface area (Å²) >= 11 is 0. The molecule has 0 aliphatic heterocycles. The van der Waals surface area contributed by atoms with E-state index < -0.39 is 31.1 Å². The highest BCUT2D eigenvalue weighted by atomic mass is 32.2. The van der Waals surface area contributed by atoms with E-state index in [0.717, 1.165) is 18.2 Å². The highest BCUT2D eigenvalue weighted by Gasteiger charge is 2.20. The van der Waals surface area contributed by atoms with Crippen molar-refractivity contribution in [2.45, 2.75) is 43.4 Å². The third-order valence-corrected chi connectivity index (χ3v) is 6.22.